The number of carbonyl (C=O) groups excluding carboxylic acids is 1. The van der Waals surface area contributed by atoms with Gasteiger partial charge in [0.25, 0.3) is 21.5 Å². The predicted octanol–water partition coefficient (Wildman–Crippen LogP) is 2.90. The molecular weight excluding hydrogens is 448 g/mol. The maximum absolute atomic E-state index is 13.3. The van der Waals surface area contributed by atoms with Crippen molar-refractivity contribution < 1.29 is 13.2 Å². The van der Waals surface area contributed by atoms with E-state index in [0.29, 0.717) is 34.7 Å². The Morgan fingerprint density at radius 3 is 2.78 bits per heavy atom. The molecule has 162 valence electrons. The Labute approximate surface area is 187 Å². The molecule has 0 radical (unpaired) electrons. The lowest BCUT2D eigenvalue weighted by atomic mass is 10.2. The molecule has 32 heavy (non-hydrogen) atoms. The molecule has 1 aliphatic rings. The molecule has 1 aliphatic heterocycles. The molecule has 2 aromatic carbocycles. The molecule has 0 fully saturated rings. The van der Waals surface area contributed by atoms with Crippen molar-refractivity contribution >= 4 is 43.2 Å². The van der Waals surface area contributed by atoms with Crippen LogP contribution < -0.4 is 15.3 Å². The zero-order chi connectivity index (χ0) is 22.5. The molecule has 0 aliphatic carbocycles. The van der Waals surface area contributed by atoms with Crippen LogP contribution in [0.5, 0.6) is 0 Å². The number of aromatic nitrogens is 2. The first-order chi connectivity index (χ1) is 15.4. The first-order valence-corrected chi connectivity index (χ1v) is 12.2. The Bertz CT molecular complexity index is 1540. The first-order valence-electron chi connectivity index (χ1n) is 9.85. The van der Waals surface area contributed by atoms with Crippen LogP contribution in [-0.4, -0.2) is 30.5 Å². The molecule has 0 unspecified atom stereocenters. The molecule has 1 N–H and O–H groups in total. The molecule has 0 atom stereocenters. The van der Waals surface area contributed by atoms with E-state index in [-0.39, 0.29) is 16.0 Å². The molecular formula is C22H18N4O4S2. The minimum atomic E-state index is -3.84. The Kier molecular flexibility index (Phi) is 4.83. The fraction of sp³-hybridized carbons (Fsp3) is 0.136. The third-order valence-corrected chi connectivity index (χ3v) is 8.02. The summed E-state index contributed by atoms with van der Waals surface area (Å²) in [6.45, 7) is 1.96. The van der Waals surface area contributed by atoms with E-state index in [1.165, 1.54) is 39.9 Å². The van der Waals surface area contributed by atoms with Crippen molar-refractivity contribution in [1.29, 1.82) is 0 Å². The summed E-state index contributed by atoms with van der Waals surface area (Å²) in [4.78, 5) is 30.5. The summed E-state index contributed by atoms with van der Waals surface area (Å²) in [6, 6.07) is 14.8. The van der Waals surface area contributed by atoms with E-state index in [9.17, 15) is 18.0 Å². The molecule has 10 heteroatoms. The normalized spacial score (nSPS) is 13.3. The lowest BCUT2D eigenvalue weighted by Gasteiger charge is -2.20. The third-order valence-electron chi connectivity index (χ3n) is 5.41. The third kappa shape index (κ3) is 3.28. The van der Waals surface area contributed by atoms with Gasteiger partial charge in [-0.1, -0.05) is 24.3 Å². The second-order valence-electron chi connectivity index (χ2n) is 7.36. The minimum absolute atomic E-state index is 0.0114. The van der Waals surface area contributed by atoms with Gasteiger partial charge in [-0.15, -0.1) is 11.3 Å². The van der Waals surface area contributed by atoms with Gasteiger partial charge in [-0.05, 0) is 54.6 Å². The molecule has 0 saturated carbocycles. The highest BCUT2D eigenvalue weighted by molar-refractivity contribution is 7.92. The number of nitrogens with zero attached hydrogens (tertiary/aromatic N) is 3. The average Bonchev–Trinajstić information content (AvgIpc) is 3.44. The molecule has 4 aromatic rings. The molecule has 8 nitrogen and oxygen atoms in total. The van der Waals surface area contributed by atoms with Crippen molar-refractivity contribution in [2.45, 2.75) is 18.2 Å². The van der Waals surface area contributed by atoms with Gasteiger partial charge in [0.15, 0.2) is 0 Å². The number of benzene rings is 2. The SMILES string of the molecule is Cc1nc2sccc2c(=O)n1NC(=O)c1cccc(S(=O)(=O)N2CCc3ccccc32)c1. The Hall–Kier alpha value is -3.50. The largest absolute Gasteiger partial charge is 0.281 e. The van der Waals surface area contributed by atoms with Crippen LogP contribution in [0.4, 0.5) is 5.69 Å². The molecule has 0 spiro atoms. The molecule has 2 aromatic heterocycles. The summed E-state index contributed by atoms with van der Waals surface area (Å²) < 4.78 is 29.0. The number of aryl methyl sites for hydroxylation is 1. The van der Waals surface area contributed by atoms with Crippen LogP contribution in [0.15, 0.2) is 69.7 Å². The fourth-order valence-corrected chi connectivity index (χ4v) is 6.15. The highest BCUT2D eigenvalue weighted by Crippen LogP contribution is 2.32. The molecule has 1 amide bonds. The van der Waals surface area contributed by atoms with Gasteiger partial charge in [0.2, 0.25) is 0 Å². The van der Waals surface area contributed by atoms with Gasteiger partial charge >= 0.3 is 0 Å². The highest BCUT2D eigenvalue weighted by Gasteiger charge is 2.31. The molecule has 0 saturated heterocycles. The van der Waals surface area contributed by atoms with Crippen LogP contribution in [-0.2, 0) is 16.4 Å². The molecule has 5 rings (SSSR count). The van der Waals surface area contributed by atoms with Gasteiger partial charge in [0.05, 0.1) is 16.0 Å². The topological polar surface area (TPSA) is 101 Å². The second-order valence-corrected chi connectivity index (χ2v) is 10.1. The Morgan fingerprint density at radius 1 is 1.12 bits per heavy atom. The van der Waals surface area contributed by atoms with E-state index >= 15 is 0 Å². The summed E-state index contributed by atoms with van der Waals surface area (Å²) in [5.74, 6) is -0.277. The standard InChI is InChI=1S/C22H18N4O4S2/c1-14-23-21-18(10-12-31-21)22(28)26(14)24-20(27)16-6-4-7-17(13-16)32(29,30)25-11-9-15-5-2-3-8-19(15)25/h2-8,10,12-13H,9,11H2,1H3,(H,24,27). The van der Waals surface area contributed by atoms with E-state index in [1.54, 1.807) is 30.5 Å². The van der Waals surface area contributed by atoms with E-state index in [4.69, 9.17) is 0 Å². The maximum atomic E-state index is 13.3. The van der Waals surface area contributed by atoms with Crippen LogP contribution in [0.25, 0.3) is 10.2 Å². The van der Waals surface area contributed by atoms with Gasteiger partial charge in [-0.25, -0.2) is 18.1 Å². The molecule has 0 bridgehead atoms. The number of amides is 1. The lowest BCUT2D eigenvalue weighted by molar-refractivity contribution is 0.101. The van der Waals surface area contributed by atoms with Crippen molar-refractivity contribution in [2.24, 2.45) is 0 Å². The van der Waals surface area contributed by atoms with Crippen LogP contribution in [0.1, 0.15) is 21.7 Å². The number of carbonyl (C=O) groups is 1. The number of sulfonamides is 1. The lowest BCUT2D eigenvalue weighted by Crippen LogP contribution is -2.35. The Balaban J connectivity index is 1.47. The van der Waals surface area contributed by atoms with Crippen molar-refractivity contribution in [3.8, 4) is 0 Å². The number of hydrogen-bond acceptors (Lipinski definition) is 6. The number of thiophene rings is 1. The zero-order valence-electron chi connectivity index (χ0n) is 17.0. The van der Waals surface area contributed by atoms with Gasteiger partial charge < -0.3 is 0 Å². The number of fused-ring (bicyclic) bond motifs is 2. The Morgan fingerprint density at radius 2 is 1.94 bits per heavy atom. The van der Waals surface area contributed by atoms with Crippen molar-refractivity contribution in [3.05, 3.63) is 87.3 Å². The summed E-state index contributed by atoms with van der Waals surface area (Å²) in [5, 5.41) is 2.17. The number of rotatable bonds is 4. The average molecular weight is 467 g/mol. The molecule has 3 heterocycles. The van der Waals surface area contributed by atoms with Crippen molar-refractivity contribution in [3.63, 3.8) is 0 Å². The number of anilines is 1. The second kappa shape index (κ2) is 7.57. The van der Waals surface area contributed by atoms with Gasteiger partial charge in [-0.3, -0.25) is 19.3 Å². The smallest absolute Gasteiger partial charge is 0.267 e. The number of hydrogen-bond donors (Lipinski definition) is 1. The fourth-order valence-electron chi connectivity index (χ4n) is 3.80. The first kappa shape index (κ1) is 20.4. The minimum Gasteiger partial charge on any atom is -0.267 e. The van der Waals surface area contributed by atoms with Crippen LogP contribution in [0.3, 0.4) is 0 Å². The van der Waals surface area contributed by atoms with E-state index in [1.807, 2.05) is 12.1 Å². The van der Waals surface area contributed by atoms with Gasteiger partial charge in [-0.2, -0.15) is 0 Å². The van der Waals surface area contributed by atoms with E-state index in [2.05, 4.69) is 10.4 Å². The van der Waals surface area contributed by atoms with E-state index in [0.717, 1.165) is 10.2 Å². The van der Waals surface area contributed by atoms with Crippen LogP contribution in [0, 0.1) is 6.92 Å². The maximum Gasteiger partial charge on any atom is 0.281 e. The summed E-state index contributed by atoms with van der Waals surface area (Å²) in [5.41, 5.74) is 3.89. The highest BCUT2D eigenvalue weighted by atomic mass is 32.2. The van der Waals surface area contributed by atoms with E-state index < -0.39 is 15.9 Å². The monoisotopic (exact) mass is 466 g/mol. The van der Waals surface area contributed by atoms with Gasteiger partial charge in [0, 0.05) is 12.1 Å². The van der Waals surface area contributed by atoms with Gasteiger partial charge in [0.1, 0.15) is 10.7 Å². The quantitative estimate of drug-likeness (QED) is 0.498. The van der Waals surface area contributed by atoms with Crippen molar-refractivity contribution in [2.75, 3.05) is 16.3 Å². The summed E-state index contributed by atoms with van der Waals surface area (Å²) >= 11 is 1.34. The van der Waals surface area contributed by atoms with Crippen LogP contribution in [0.2, 0.25) is 0 Å². The summed E-state index contributed by atoms with van der Waals surface area (Å²) in [7, 11) is -3.84. The summed E-state index contributed by atoms with van der Waals surface area (Å²) in [6.07, 6.45) is 0.635. The number of para-hydroxylation sites is 1. The number of nitrogens with one attached hydrogen (secondary N) is 1. The van der Waals surface area contributed by atoms with Crippen LogP contribution >= 0.6 is 11.3 Å². The van der Waals surface area contributed by atoms with Crippen molar-refractivity contribution in [1.82, 2.24) is 9.66 Å². The zero-order valence-corrected chi connectivity index (χ0v) is 18.6. The predicted molar refractivity (Wildman–Crippen MR) is 123 cm³/mol.